The monoisotopic (exact) mass is 384 g/mol. The average molecular weight is 384 g/mol. The molecular formula is C22H28N2O4. The SMILES string of the molecule is CC(C)(C)OC(=O)N1CC2CNC(=O)c3cc(C4=CCOCC4)ccc3C2C1. The zero-order chi connectivity index (χ0) is 19.9. The van der Waals surface area contributed by atoms with E-state index in [9.17, 15) is 9.59 Å². The number of fused-ring (bicyclic) bond motifs is 3. The third-order valence-electron chi connectivity index (χ3n) is 5.65. The molecule has 3 aliphatic rings. The predicted molar refractivity (Wildman–Crippen MR) is 106 cm³/mol. The fourth-order valence-electron chi connectivity index (χ4n) is 4.29. The highest BCUT2D eigenvalue weighted by Crippen LogP contribution is 2.38. The molecular weight excluding hydrogens is 356 g/mol. The molecule has 1 aromatic carbocycles. The van der Waals surface area contributed by atoms with Crippen LogP contribution in [-0.4, -0.2) is 55.3 Å². The van der Waals surface area contributed by atoms with E-state index in [-0.39, 0.29) is 23.8 Å². The van der Waals surface area contributed by atoms with E-state index in [1.54, 1.807) is 4.90 Å². The summed E-state index contributed by atoms with van der Waals surface area (Å²) >= 11 is 0. The van der Waals surface area contributed by atoms with E-state index in [0.29, 0.717) is 32.8 Å². The maximum absolute atomic E-state index is 12.7. The Labute approximate surface area is 165 Å². The normalized spacial score (nSPS) is 24.6. The van der Waals surface area contributed by atoms with Gasteiger partial charge in [0.1, 0.15) is 5.60 Å². The second-order valence-corrected chi connectivity index (χ2v) is 8.82. The molecule has 2 amide bonds. The van der Waals surface area contributed by atoms with Crippen LogP contribution in [0.2, 0.25) is 0 Å². The molecule has 0 bridgehead atoms. The lowest BCUT2D eigenvalue weighted by Gasteiger charge is -2.24. The Bertz CT molecular complexity index is 824. The van der Waals surface area contributed by atoms with Gasteiger partial charge in [-0.2, -0.15) is 0 Å². The van der Waals surface area contributed by atoms with Gasteiger partial charge in [0.15, 0.2) is 0 Å². The van der Waals surface area contributed by atoms with Crippen molar-refractivity contribution in [1.82, 2.24) is 10.2 Å². The summed E-state index contributed by atoms with van der Waals surface area (Å²) in [5.74, 6) is 0.313. The number of amides is 2. The van der Waals surface area contributed by atoms with Crippen LogP contribution in [0, 0.1) is 5.92 Å². The molecule has 0 aromatic heterocycles. The van der Waals surface area contributed by atoms with Gasteiger partial charge in [-0.05, 0) is 50.0 Å². The van der Waals surface area contributed by atoms with Crippen molar-refractivity contribution in [1.29, 1.82) is 0 Å². The third-order valence-corrected chi connectivity index (χ3v) is 5.65. The fourth-order valence-corrected chi connectivity index (χ4v) is 4.29. The van der Waals surface area contributed by atoms with Gasteiger partial charge < -0.3 is 19.7 Å². The lowest BCUT2D eigenvalue weighted by molar-refractivity contribution is 0.0287. The molecule has 0 saturated carbocycles. The summed E-state index contributed by atoms with van der Waals surface area (Å²) in [5.41, 5.74) is 3.55. The molecule has 1 fully saturated rings. The maximum Gasteiger partial charge on any atom is 0.410 e. The quantitative estimate of drug-likeness (QED) is 0.807. The standard InChI is InChI=1S/C22H28N2O4/c1-22(2,3)28-21(26)24-12-16-11-23-20(25)18-10-15(14-6-8-27-9-7-14)4-5-17(18)19(16)13-24/h4-6,10,16,19H,7-9,11-13H2,1-3H3,(H,23,25). The molecule has 0 aliphatic carbocycles. The van der Waals surface area contributed by atoms with E-state index in [1.165, 1.54) is 5.57 Å². The molecule has 2 atom stereocenters. The highest BCUT2D eigenvalue weighted by molar-refractivity contribution is 5.97. The molecule has 150 valence electrons. The van der Waals surface area contributed by atoms with Crippen LogP contribution in [0.3, 0.4) is 0 Å². The van der Waals surface area contributed by atoms with Crippen molar-refractivity contribution >= 4 is 17.6 Å². The molecule has 4 rings (SSSR count). The number of carbonyl (C=O) groups is 2. The number of nitrogens with one attached hydrogen (secondary N) is 1. The van der Waals surface area contributed by atoms with Crippen LogP contribution in [0.1, 0.15) is 54.6 Å². The number of hydrogen-bond acceptors (Lipinski definition) is 4. The largest absolute Gasteiger partial charge is 0.444 e. The number of ether oxygens (including phenoxy) is 2. The van der Waals surface area contributed by atoms with Crippen molar-refractivity contribution in [2.24, 2.45) is 5.92 Å². The van der Waals surface area contributed by atoms with E-state index >= 15 is 0 Å². The van der Waals surface area contributed by atoms with Crippen molar-refractivity contribution in [2.75, 3.05) is 32.8 Å². The summed E-state index contributed by atoms with van der Waals surface area (Å²) in [5, 5.41) is 3.05. The molecule has 6 nitrogen and oxygen atoms in total. The molecule has 28 heavy (non-hydrogen) atoms. The molecule has 6 heteroatoms. The first-order chi connectivity index (χ1) is 13.3. The molecule has 1 aromatic rings. The minimum Gasteiger partial charge on any atom is -0.444 e. The number of rotatable bonds is 1. The fraction of sp³-hybridized carbons (Fsp3) is 0.545. The average Bonchev–Trinajstić information content (AvgIpc) is 3.04. The van der Waals surface area contributed by atoms with Crippen molar-refractivity contribution in [2.45, 2.75) is 38.7 Å². The van der Waals surface area contributed by atoms with E-state index in [4.69, 9.17) is 9.47 Å². The van der Waals surface area contributed by atoms with Gasteiger partial charge in [-0.1, -0.05) is 18.2 Å². The van der Waals surface area contributed by atoms with E-state index in [2.05, 4.69) is 23.5 Å². The number of benzene rings is 1. The minimum absolute atomic E-state index is 0.0253. The summed E-state index contributed by atoms with van der Waals surface area (Å²) in [7, 11) is 0. The number of hydrogen-bond donors (Lipinski definition) is 1. The first-order valence-electron chi connectivity index (χ1n) is 9.99. The van der Waals surface area contributed by atoms with Gasteiger partial charge in [0.25, 0.3) is 5.91 Å². The van der Waals surface area contributed by atoms with Gasteiger partial charge in [0.05, 0.1) is 13.2 Å². The Morgan fingerprint density at radius 2 is 2.11 bits per heavy atom. The van der Waals surface area contributed by atoms with Crippen molar-refractivity contribution in [3.05, 3.63) is 41.0 Å². The second-order valence-electron chi connectivity index (χ2n) is 8.82. The van der Waals surface area contributed by atoms with Gasteiger partial charge >= 0.3 is 6.09 Å². The van der Waals surface area contributed by atoms with Crippen molar-refractivity contribution < 1.29 is 19.1 Å². The number of carbonyl (C=O) groups excluding carboxylic acids is 2. The van der Waals surface area contributed by atoms with Gasteiger partial charge in [-0.25, -0.2) is 4.79 Å². The smallest absolute Gasteiger partial charge is 0.410 e. The predicted octanol–water partition coefficient (Wildman–Crippen LogP) is 3.18. The zero-order valence-electron chi connectivity index (χ0n) is 16.8. The number of likely N-dealkylation sites (tertiary alicyclic amines) is 1. The first-order valence-corrected chi connectivity index (χ1v) is 9.99. The molecule has 0 radical (unpaired) electrons. The Morgan fingerprint density at radius 1 is 1.29 bits per heavy atom. The van der Waals surface area contributed by atoms with Crippen LogP contribution in [0.5, 0.6) is 0 Å². The summed E-state index contributed by atoms with van der Waals surface area (Å²) in [6, 6.07) is 6.17. The van der Waals surface area contributed by atoms with E-state index in [1.807, 2.05) is 26.8 Å². The first kappa shape index (κ1) is 19.0. The Morgan fingerprint density at radius 3 is 2.82 bits per heavy atom. The van der Waals surface area contributed by atoms with Crippen LogP contribution < -0.4 is 5.32 Å². The lowest BCUT2D eigenvalue weighted by atomic mass is 9.85. The van der Waals surface area contributed by atoms with Gasteiger partial charge in [-0.15, -0.1) is 0 Å². The van der Waals surface area contributed by atoms with Gasteiger partial charge in [0, 0.05) is 37.0 Å². The minimum atomic E-state index is -0.514. The van der Waals surface area contributed by atoms with Crippen molar-refractivity contribution in [3.63, 3.8) is 0 Å². The third kappa shape index (κ3) is 3.78. The summed E-state index contributed by atoms with van der Waals surface area (Å²) < 4.78 is 10.9. The van der Waals surface area contributed by atoms with Crippen molar-refractivity contribution in [3.8, 4) is 0 Å². The Hall–Kier alpha value is -2.34. The molecule has 3 heterocycles. The molecule has 0 spiro atoms. The molecule has 3 aliphatic heterocycles. The zero-order valence-corrected chi connectivity index (χ0v) is 16.8. The van der Waals surface area contributed by atoms with Crippen LogP contribution in [-0.2, 0) is 9.47 Å². The second kappa shape index (κ2) is 7.24. The highest BCUT2D eigenvalue weighted by atomic mass is 16.6. The molecule has 2 unspecified atom stereocenters. The Kier molecular flexibility index (Phi) is 4.91. The summed E-state index contributed by atoms with van der Waals surface area (Å²) in [6.07, 6.45) is 2.67. The number of nitrogens with zero attached hydrogens (tertiary/aromatic N) is 1. The topological polar surface area (TPSA) is 67.9 Å². The summed E-state index contributed by atoms with van der Waals surface area (Å²) in [6.45, 7) is 8.71. The highest BCUT2D eigenvalue weighted by Gasteiger charge is 2.41. The van der Waals surface area contributed by atoms with E-state index in [0.717, 1.165) is 23.1 Å². The summed E-state index contributed by atoms with van der Waals surface area (Å²) in [4.78, 5) is 27.0. The van der Waals surface area contributed by atoms with Gasteiger partial charge in [-0.3, -0.25) is 4.79 Å². The van der Waals surface area contributed by atoms with Crippen LogP contribution >= 0.6 is 0 Å². The molecule has 1 saturated heterocycles. The molecule has 1 N–H and O–H groups in total. The van der Waals surface area contributed by atoms with Crippen LogP contribution in [0.15, 0.2) is 24.3 Å². The Balaban J connectivity index is 1.61. The lowest BCUT2D eigenvalue weighted by Crippen LogP contribution is -2.36. The van der Waals surface area contributed by atoms with Crippen LogP contribution in [0.25, 0.3) is 5.57 Å². The van der Waals surface area contributed by atoms with Gasteiger partial charge in [0.2, 0.25) is 0 Å². The maximum atomic E-state index is 12.7. The van der Waals surface area contributed by atoms with Crippen LogP contribution in [0.4, 0.5) is 4.79 Å². The van der Waals surface area contributed by atoms with E-state index < -0.39 is 5.60 Å².